The van der Waals surface area contributed by atoms with E-state index >= 15 is 0 Å². The highest BCUT2D eigenvalue weighted by Crippen LogP contribution is 2.25. The Morgan fingerprint density at radius 2 is 2.25 bits per heavy atom. The first-order valence-electron chi connectivity index (χ1n) is 6.12. The van der Waals surface area contributed by atoms with Gasteiger partial charge in [0, 0.05) is 11.0 Å². The second-order valence-corrected chi connectivity index (χ2v) is 5.58. The molecule has 2 aromatic rings. The minimum Gasteiger partial charge on any atom is -0.467 e. The summed E-state index contributed by atoms with van der Waals surface area (Å²) in [7, 11) is 0. The van der Waals surface area contributed by atoms with Gasteiger partial charge in [0.05, 0.1) is 29.7 Å². The summed E-state index contributed by atoms with van der Waals surface area (Å²) in [6, 6.07) is 9.15. The number of nitrogens with one attached hydrogen (secondary N) is 1. The molecule has 108 valence electrons. The van der Waals surface area contributed by atoms with Gasteiger partial charge in [-0.2, -0.15) is 0 Å². The molecule has 2 rings (SSSR count). The average Bonchev–Trinajstić information content (AvgIpc) is 2.91. The van der Waals surface area contributed by atoms with Crippen LogP contribution in [0, 0.1) is 0 Å². The molecule has 1 unspecified atom stereocenters. The number of hydrogen-bond acceptors (Lipinski definition) is 4. The van der Waals surface area contributed by atoms with E-state index in [0.29, 0.717) is 18.2 Å². The van der Waals surface area contributed by atoms with Gasteiger partial charge in [-0.25, -0.2) is 0 Å². The molecule has 1 aromatic carbocycles. The van der Waals surface area contributed by atoms with Crippen LogP contribution in [0.15, 0.2) is 45.5 Å². The molecule has 0 radical (unpaired) electrons. The van der Waals surface area contributed by atoms with Crippen LogP contribution in [0.2, 0.25) is 5.02 Å². The van der Waals surface area contributed by atoms with E-state index in [2.05, 4.69) is 21.2 Å². The lowest BCUT2D eigenvalue weighted by Gasteiger charge is -2.14. The molecule has 0 aliphatic rings. The Morgan fingerprint density at radius 3 is 2.95 bits per heavy atom. The molecule has 20 heavy (non-hydrogen) atoms. The zero-order valence-corrected chi connectivity index (χ0v) is 13.0. The minimum absolute atomic E-state index is 0.224. The van der Waals surface area contributed by atoms with Crippen LogP contribution in [0.5, 0.6) is 0 Å². The number of aliphatic hydroxyl groups is 1. The molecule has 0 aliphatic heterocycles. The fraction of sp³-hybridized carbons (Fsp3) is 0.286. The summed E-state index contributed by atoms with van der Waals surface area (Å²) in [5.74, 6) is 0.737. The van der Waals surface area contributed by atoms with Crippen molar-refractivity contribution in [2.75, 3.05) is 18.5 Å². The molecule has 0 spiro atoms. The van der Waals surface area contributed by atoms with Gasteiger partial charge in [0.1, 0.15) is 12.4 Å². The third kappa shape index (κ3) is 4.83. The van der Waals surface area contributed by atoms with Crippen molar-refractivity contribution in [1.29, 1.82) is 0 Å². The molecule has 2 N–H and O–H groups in total. The van der Waals surface area contributed by atoms with Gasteiger partial charge in [-0.05, 0) is 30.3 Å². The third-order valence-electron chi connectivity index (χ3n) is 2.59. The van der Waals surface area contributed by atoms with E-state index in [1.165, 1.54) is 0 Å². The molecule has 0 bridgehead atoms. The molecule has 6 heteroatoms. The zero-order chi connectivity index (χ0) is 14.4. The highest BCUT2D eigenvalue weighted by atomic mass is 79.9. The molecule has 0 saturated heterocycles. The lowest BCUT2D eigenvalue weighted by Crippen LogP contribution is -2.24. The van der Waals surface area contributed by atoms with Crippen LogP contribution in [-0.4, -0.2) is 24.4 Å². The molecule has 0 fully saturated rings. The quantitative estimate of drug-likeness (QED) is 0.791. The van der Waals surface area contributed by atoms with Gasteiger partial charge in [0.25, 0.3) is 0 Å². The topological polar surface area (TPSA) is 54.6 Å². The van der Waals surface area contributed by atoms with Gasteiger partial charge in [-0.3, -0.25) is 0 Å². The van der Waals surface area contributed by atoms with Crippen molar-refractivity contribution in [2.45, 2.75) is 12.7 Å². The van der Waals surface area contributed by atoms with Gasteiger partial charge < -0.3 is 19.6 Å². The number of benzene rings is 1. The van der Waals surface area contributed by atoms with Crippen LogP contribution < -0.4 is 5.32 Å². The Hall–Kier alpha value is -1.01. The van der Waals surface area contributed by atoms with E-state index in [4.69, 9.17) is 20.8 Å². The smallest absolute Gasteiger partial charge is 0.129 e. The minimum atomic E-state index is -0.621. The van der Waals surface area contributed by atoms with Gasteiger partial charge in [-0.1, -0.05) is 27.5 Å². The van der Waals surface area contributed by atoms with Gasteiger partial charge in [0.2, 0.25) is 0 Å². The number of ether oxygens (including phenoxy) is 1. The fourth-order valence-electron chi connectivity index (χ4n) is 1.61. The van der Waals surface area contributed by atoms with Crippen molar-refractivity contribution in [1.82, 2.24) is 0 Å². The second kappa shape index (κ2) is 7.69. The monoisotopic (exact) mass is 359 g/mol. The van der Waals surface area contributed by atoms with Crippen LogP contribution in [0.1, 0.15) is 5.76 Å². The molecule has 1 atom stereocenters. The van der Waals surface area contributed by atoms with Gasteiger partial charge in [-0.15, -0.1) is 0 Å². The highest BCUT2D eigenvalue weighted by molar-refractivity contribution is 9.10. The van der Waals surface area contributed by atoms with Crippen LogP contribution in [0.3, 0.4) is 0 Å². The van der Waals surface area contributed by atoms with E-state index in [9.17, 15) is 5.11 Å². The summed E-state index contributed by atoms with van der Waals surface area (Å²) < 4.78 is 11.4. The number of halogens is 2. The summed E-state index contributed by atoms with van der Waals surface area (Å²) in [5.41, 5.74) is 0.778. The molecule has 0 aliphatic carbocycles. The summed E-state index contributed by atoms with van der Waals surface area (Å²) in [5, 5.41) is 13.5. The maximum atomic E-state index is 9.81. The summed E-state index contributed by atoms with van der Waals surface area (Å²) in [6.45, 7) is 0.935. The predicted octanol–water partition coefficient (Wildman–Crippen LogP) is 3.69. The first kappa shape index (κ1) is 15.4. The maximum absolute atomic E-state index is 9.81. The van der Waals surface area contributed by atoms with E-state index < -0.39 is 6.10 Å². The Morgan fingerprint density at radius 1 is 1.40 bits per heavy atom. The normalized spacial score (nSPS) is 12.3. The number of aliphatic hydroxyl groups excluding tert-OH is 1. The molecular weight excluding hydrogens is 346 g/mol. The third-order valence-corrected chi connectivity index (χ3v) is 3.40. The van der Waals surface area contributed by atoms with Crippen molar-refractivity contribution in [3.05, 3.63) is 51.9 Å². The second-order valence-electron chi connectivity index (χ2n) is 4.25. The molecule has 4 nitrogen and oxygen atoms in total. The van der Waals surface area contributed by atoms with Gasteiger partial charge in [0.15, 0.2) is 0 Å². The molecule has 0 amide bonds. The molecular formula is C14H15BrClNO3. The Balaban J connectivity index is 1.70. The molecule has 1 aromatic heterocycles. The zero-order valence-electron chi connectivity index (χ0n) is 10.7. The Kier molecular flexibility index (Phi) is 5.91. The van der Waals surface area contributed by atoms with Crippen molar-refractivity contribution >= 4 is 33.2 Å². The summed E-state index contributed by atoms with van der Waals surface area (Å²) >= 11 is 9.41. The highest BCUT2D eigenvalue weighted by Gasteiger charge is 2.07. The van der Waals surface area contributed by atoms with Crippen LogP contribution in [0.25, 0.3) is 0 Å². The van der Waals surface area contributed by atoms with Crippen LogP contribution in [0.4, 0.5) is 5.69 Å². The SMILES string of the molecule is OC(CNc1ccc(Br)cc1Cl)COCc1ccco1. The van der Waals surface area contributed by atoms with Crippen molar-refractivity contribution < 1.29 is 14.3 Å². The number of anilines is 1. The van der Waals surface area contributed by atoms with E-state index in [1.54, 1.807) is 18.4 Å². The van der Waals surface area contributed by atoms with Crippen molar-refractivity contribution in [2.24, 2.45) is 0 Å². The molecule has 1 heterocycles. The lowest BCUT2D eigenvalue weighted by molar-refractivity contribution is 0.0282. The maximum Gasteiger partial charge on any atom is 0.129 e. The van der Waals surface area contributed by atoms with Crippen LogP contribution in [-0.2, 0) is 11.3 Å². The van der Waals surface area contributed by atoms with Gasteiger partial charge >= 0.3 is 0 Å². The number of furan rings is 1. The van der Waals surface area contributed by atoms with E-state index in [-0.39, 0.29) is 6.61 Å². The van der Waals surface area contributed by atoms with Crippen molar-refractivity contribution in [3.8, 4) is 0 Å². The number of rotatable bonds is 7. The standard InChI is InChI=1S/C14H15BrClNO3/c15-10-3-4-14(13(16)6-10)17-7-11(18)8-19-9-12-2-1-5-20-12/h1-6,11,17-18H,7-9H2. The number of hydrogen-bond donors (Lipinski definition) is 2. The summed E-state index contributed by atoms with van der Waals surface area (Å²) in [6.07, 6.45) is 0.969. The first-order chi connectivity index (χ1) is 9.65. The van der Waals surface area contributed by atoms with Crippen LogP contribution >= 0.6 is 27.5 Å². The van der Waals surface area contributed by atoms with E-state index in [0.717, 1.165) is 15.9 Å². The van der Waals surface area contributed by atoms with E-state index in [1.807, 2.05) is 18.2 Å². The van der Waals surface area contributed by atoms with Crippen molar-refractivity contribution in [3.63, 3.8) is 0 Å². The first-order valence-corrected chi connectivity index (χ1v) is 7.29. The fourth-order valence-corrected chi connectivity index (χ4v) is 2.35. The lowest BCUT2D eigenvalue weighted by atomic mass is 10.3. The Labute approximate surface area is 130 Å². The average molecular weight is 361 g/mol. The summed E-state index contributed by atoms with van der Waals surface area (Å²) in [4.78, 5) is 0. The predicted molar refractivity (Wildman–Crippen MR) is 82.0 cm³/mol. The Bertz CT molecular complexity index is 533. The molecule has 0 saturated carbocycles. The largest absolute Gasteiger partial charge is 0.467 e.